The van der Waals surface area contributed by atoms with E-state index in [9.17, 15) is 5.11 Å². The van der Waals surface area contributed by atoms with E-state index in [1.54, 1.807) is 6.33 Å². The quantitative estimate of drug-likeness (QED) is 0.740. The van der Waals surface area contributed by atoms with Crippen LogP contribution in [0.25, 0.3) is 0 Å². The average Bonchev–Trinajstić information content (AvgIpc) is 2.65. The van der Waals surface area contributed by atoms with Crippen LogP contribution in [0.1, 0.15) is 5.69 Å². The largest absolute Gasteiger partial charge is 0.395 e. The Morgan fingerprint density at radius 3 is 3.20 bits per heavy atom. The van der Waals surface area contributed by atoms with Crippen LogP contribution in [0, 0.1) is 0 Å². The lowest BCUT2D eigenvalue weighted by molar-refractivity contribution is -0.0320. The summed E-state index contributed by atoms with van der Waals surface area (Å²) in [6, 6.07) is 0.119. The van der Waals surface area contributed by atoms with Crippen molar-refractivity contribution in [2.24, 2.45) is 7.05 Å². The maximum Gasteiger partial charge on any atom is 0.0945 e. The molecule has 1 aromatic rings. The Kier molecular flexibility index (Phi) is 3.35. The molecule has 0 aliphatic carbocycles. The van der Waals surface area contributed by atoms with Crippen LogP contribution in [0.15, 0.2) is 12.5 Å². The zero-order valence-electron chi connectivity index (χ0n) is 8.96. The van der Waals surface area contributed by atoms with Gasteiger partial charge in [0.2, 0.25) is 0 Å². The summed E-state index contributed by atoms with van der Waals surface area (Å²) in [5.74, 6) is 0. The number of hydrogen-bond donors (Lipinski definition) is 1. The number of aliphatic hydroxyl groups excluding tert-OH is 1. The first kappa shape index (κ1) is 10.6. The van der Waals surface area contributed by atoms with Gasteiger partial charge < -0.3 is 14.4 Å². The van der Waals surface area contributed by atoms with Crippen molar-refractivity contribution in [2.45, 2.75) is 12.6 Å². The van der Waals surface area contributed by atoms with Crippen LogP contribution < -0.4 is 0 Å². The van der Waals surface area contributed by atoms with Gasteiger partial charge in [0.25, 0.3) is 0 Å². The standard InChI is InChI=1S/C10H17N3O2/c1-12-8-11-4-9(12)5-13-2-3-15-7-10(13)6-14/h4,8,10,14H,2-3,5-7H2,1H3. The third-order valence-electron chi connectivity index (χ3n) is 2.84. The van der Waals surface area contributed by atoms with E-state index in [0.29, 0.717) is 6.61 Å². The van der Waals surface area contributed by atoms with Gasteiger partial charge in [0, 0.05) is 26.3 Å². The predicted octanol–water partition coefficient (Wildman–Crippen LogP) is -0.387. The normalized spacial score (nSPS) is 23.2. The fourth-order valence-corrected chi connectivity index (χ4v) is 1.81. The maximum atomic E-state index is 9.22. The van der Waals surface area contributed by atoms with Crippen molar-refractivity contribution in [3.63, 3.8) is 0 Å². The molecule has 5 nitrogen and oxygen atoms in total. The lowest BCUT2D eigenvalue weighted by atomic mass is 10.2. The third kappa shape index (κ3) is 2.37. The van der Waals surface area contributed by atoms with Gasteiger partial charge in [-0.3, -0.25) is 4.90 Å². The first-order valence-corrected chi connectivity index (χ1v) is 5.19. The Hall–Kier alpha value is -0.910. The molecule has 1 saturated heterocycles. The van der Waals surface area contributed by atoms with Crippen molar-refractivity contribution in [3.05, 3.63) is 18.2 Å². The molecule has 1 unspecified atom stereocenters. The van der Waals surface area contributed by atoms with E-state index < -0.39 is 0 Å². The number of morpholine rings is 1. The van der Waals surface area contributed by atoms with Crippen molar-refractivity contribution in [3.8, 4) is 0 Å². The summed E-state index contributed by atoms with van der Waals surface area (Å²) < 4.78 is 7.33. The van der Waals surface area contributed by atoms with Crippen LogP contribution >= 0.6 is 0 Å². The SMILES string of the molecule is Cn1cncc1CN1CCOCC1CO. The fourth-order valence-electron chi connectivity index (χ4n) is 1.81. The topological polar surface area (TPSA) is 50.5 Å². The molecule has 84 valence electrons. The molecule has 1 aliphatic heterocycles. The van der Waals surface area contributed by atoms with Crippen LogP contribution in [0.4, 0.5) is 0 Å². The van der Waals surface area contributed by atoms with E-state index in [1.807, 2.05) is 17.8 Å². The van der Waals surface area contributed by atoms with Gasteiger partial charge in [-0.15, -0.1) is 0 Å². The summed E-state index contributed by atoms with van der Waals surface area (Å²) in [5.41, 5.74) is 1.16. The van der Waals surface area contributed by atoms with Crippen LogP contribution in [-0.4, -0.2) is 52.0 Å². The van der Waals surface area contributed by atoms with E-state index >= 15 is 0 Å². The van der Waals surface area contributed by atoms with Crippen molar-refractivity contribution in [1.82, 2.24) is 14.5 Å². The molecule has 1 N–H and O–H groups in total. The molecular weight excluding hydrogens is 194 g/mol. The first-order valence-electron chi connectivity index (χ1n) is 5.19. The van der Waals surface area contributed by atoms with Crippen molar-refractivity contribution < 1.29 is 9.84 Å². The van der Waals surface area contributed by atoms with Gasteiger partial charge >= 0.3 is 0 Å². The molecule has 15 heavy (non-hydrogen) atoms. The Morgan fingerprint density at radius 2 is 2.53 bits per heavy atom. The molecule has 0 aromatic carbocycles. The summed E-state index contributed by atoms with van der Waals surface area (Å²) in [6.45, 7) is 3.21. The number of aliphatic hydroxyl groups is 1. The van der Waals surface area contributed by atoms with E-state index in [-0.39, 0.29) is 12.6 Å². The first-order chi connectivity index (χ1) is 7.31. The van der Waals surface area contributed by atoms with Gasteiger partial charge in [-0.25, -0.2) is 4.98 Å². The number of aryl methyl sites for hydroxylation is 1. The number of imidazole rings is 1. The number of hydrogen-bond acceptors (Lipinski definition) is 4. The van der Waals surface area contributed by atoms with Crippen molar-refractivity contribution in [1.29, 1.82) is 0 Å². The average molecular weight is 211 g/mol. The fraction of sp³-hybridized carbons (Fsp3) is 0.700. The molecule has 5 heteroatoms. The Balaban J connectivity index is 2.00. The highest BCUT2D eigenvalue weighted by Gasteiger charge is 2.22. The van der Waals surface area contributed by atoms with Gasteiger partial charge in [0.1, 0.15) is 0 Å². The number of ether oxygens (including phenoxy) is 1. The summed E-state index contributed by atoms with van der Waals surface area (Å²) >= 11 is 0. The molecule has 1 aliphatic rings. The van der Waals surface area contributed by atoms with Crippen LogP contribution in [0.3, 0.4) is 0 Å². The van der Waals surface area contributed by atoms with Gasteiger partial charge in [0.15, 0.2) is 0 Å². The zero-order chi connectivity index (χ0) is 10.7. The molecule has 0 bridgehead atoms. The lowest BCUT2D eigenvalue weighted by Gasteiger charge is -2.34. The monoisotopic (exact) mass is 211 g/mol. The number of aromatic nitrogens is 2. The van der Waals surface area contributed by atoms with E-state index in [2.05, 4.69) is 9.88 Å². The molecule has 2 heterocycles. The second-order valence-electron chi connectivity index (χ2n) is 3.88. The highest BCUT2D eigenvalue weighted by Crippen LogP contribution is 2.11. The minimum absolute atomic E-state index is 0.119. The molecule has 0 radical (unpaired) electrons. The molecule has 2 rings (SSSR count). The van der Waals surface area contributed by atoms with Crippen molar-refractivity contribution in [2.75, 3.05) is 26.4 Å². The molecule has 0 saturated carbocycles. The third-order valence-corrected chi connectivity index (χ3v) is 2.84. The second kappa shape index (κ2) is 4.74. The minimum Gasteiger partial charge on any atom is -0.395 e. The summed E-state index contributed by atoms with van der Waals surface area (Å²) in [6.07, 6.45) is 3.66. The maximum absolute atomic E-state index is 9.22. The Bertz CT molecular complexity index is 313. The van der Waals surface area contributed by atoms with Crippen LogP contribution in [0.2, 0.25) is 0 Å². The van der Waals surface area contributed by atoms with E-state index in [4.69, 9.17) is 4.74 Å². The molecular formula is C10H17N3O2. The molecule has 0 spiro atoms. The Labute approximate surface area is 89.3 Å². The number of nitrogens with zero attached hydrogens (tertiary/aromatic N) is 3. The van der Waals surface area contributed by atoms with Gasteiger partial charge in [-0.05, 0) is 0 Å². The van der Waals surface area contributed by atoms with Gasteiger partial charge in [0.05, 0.1) is 37.9 Å². The Morgan fingerprint density at radius 1 is 1.67 bits per heavy atom. The summed E-state index contributed by atoms with van der Waals surface area (Å²) in [5, 5.41) is 9.22. The predicted molar refractivity (Wildman–Crippen MR) is 55.3 cm³/mol. The zero-order valence-corrected chi connectivity index (χ0v) is 8.96. The summed E-state index contributed by atoms with van der Waals surface area (Å²) in [7, 11) is 1.98. The highest BCUT2D eigenvalue weighted by molar-refractivity contribution is 4.98. The van der Waals surface area contributed by atoms with Gasteiger partial charge in [-0.1, -0.05) is 0 Å². The summed E-state index contributed by atoms with van der Waals surface area (Å²) in [4.78, 5) is 6.32. The highest BCUT2D eigenvalue weighted by atomic mass is 16.5. The molecule has 1 atom stereocenters. The van der Waals surface area contributed by atoms with E-state index in [0.717, 1.165) is 25.4 Å². The van der Waals surface area contributed by atoms with E-state index in [1.165, 1.54) is 0 Å². The van der Waals surface area contributed by atoms with Crippen LogP contribution in [-0.2, 0) is 18.3 Å². The lowest BCUT2D eigenvalue weighted by Crippen LogP contribution is -2.47. The molecule has 1 fully saturated rings. The smallest absolute Gasteiger partial charge is 0.0945 e. The second-order valence-corrected chi connectivity index (χ2v) is 3.88. The molecule has 0 amide bonds. The minimum atomic E-state index is 0.119. The van der Waals surface area contributed by atoms with Gasteiger partial charge in [-0.2, -0.15) is 0 Å². The molecule has 1 aromatic heterocycles. The number of rotatable bonds is 3. The van der Waals surface area contributed by atoms with Crippen molar-refractivity contribution >= 4 is 0 Å². The van der Waals surface area contributed by atoms with Crippen LogP contribution in [0.5, 0.6) is 0 Å².